The number of hydrogen-bond acceptors (Lipinski definition) is 5. The van der Waals surface area contributed by atoms with Gasteiger partial charge in [-0.3, -0.25) is 4.90 Å². The fraction of sp³-hybridized carbons (Fsp3) is 0.786. The number of guanidine groups is 1. The molecule has 1 aliphatic heterocycles. The van der Waals surface area contributed by atoms with Gasteiger partial charge in [0, 0.05) is 39.3 Å². The van der Waals surface area contributed by atoms with Gasteiger partial charge in [0.1, 0.15) is 12.9 Å². The minimum absolute atomic E-state index is 0. The van der Waals surface area contributed by atoms with Gasteiger partial charge in [0.2, 0.25) is 0 Å². The first kappa shape index (κ1) is 20.1. The minimum atomic E-state index is 0. The largest absolute Gasteiger partial charge is 0.379 e. The number of aryl methyl sites for hydroxylation is 1. The molecule has 0 bridgehead atoms. The van der Waals surface area contributed by atoms with E-state index in [1.807, 2.05) is 11.6 Å². The predicted octanol–water partition coefficient (Wildman–Crippen LogP) is 0.209. The van der Waals surface area contributed by atoms with E-state index in [2.05, 4.69) is 44.6 Å². The summed E-state index contributed by atoms with van der Waals surface area (Å²) in [5.41, 5.74) is 0. The molecule has 0 aromatic carbocycles. The van der Waals surface area contributed by atoms with Gasteiger partial charge in [-0.2, -0.15) is 0 Å². The van der Waals surface area contributed by atoms with E-state index in [-0.39, 0.29) is 24.0 Å². The summed E-state index contributed by atoms with van der Waals surface area (Å²) in [6.07, 6.45) is 1.69. The molecule has 0 radical (unpaired) electrons. The molecule has 0 aliphatic carbocycles. The summed E-state index contributed by atoms with van der Waals surface area (Å²) >= 11 is 0. The monoisotopic (exact) mass is 437 g/mol. The average molecular weight is 437 g/mol. The second-order valence-electron chi connectivity index (χ2n) is 5.43. The molecule has 1 unspecified atom stereocenters. The van der Waals surface area contributed by atoms with E-state index in [1.54, 1.807) is 6.33 Å². The molecule has 1 aromatic heterocycles. The number of halogens is 1. The number of ether oxygens (including phenoxy) is 1. The Morgan fingerprint density at radius 1 is 1.39 bits per heavy atom. The molecular formula is C14H28IN7O. The molecule has 1 saturated heterocycles. The maximum absolute atomic E-state index is 5.39. The lowest BCUT2D eigenvalue weighted by Crippen LogP contribution is -2.49. The standard InChI is InChI=1S/C14H27N7O.HI/c1-4-15-14(17-10-13-19-18-11-20(13)3)16-9-12(2)21-5-7-22-8-6-21;/h11-12H,4-10H2,1-3H3,(H2,15,16,17);1H. The Kier molecular flexibility index (Phi) is 9.41. The lowest BCUT2D eigenvalue weighted by atomic mass is 10.2. The number of aromatic nitrogens is 3. The van der Waals surface area contributed by atoms with Gasteiger partial charge < -0.3 is 19.9 Å². The molecule has 1 fully saturated rings. The van der Waals surface area contributed by atoms with Crippen molar-refractivity contribution in [1.29, 1.82) is 0 Å². The fourth-order valence-electron chi connectivity index (χ4n) is 2.33. The van der Waals surface area contributed by atoms with E-state index in [0.29, 0.717) is 12.6 Å². The SMILES string of the molecule is CCNC(=NCc1nncn1C)NCC(C)N1CCOCC1.I. The van der Waals surface area contributed by atoms with Gasteiger partial charge in [-0.25, -0.2) is 4.99 Å². The molecule has 0 saturated carbocycles. The molecule has 2 heterocycles. The molecule has 0 spiro atoms. The van der Waals surface area contributed by atoms with Gasteiger partial charge in [-0.1, -0.05) is 0 Å². The van der Waals surface area contributed by atoms with Crippen molar-refractivity contribution >= 4 is 29.9 Å². The molecular weight excluding hydrogens is 409 g/mol. The molecule has 8 nitrogen and oxygen atoms in total. The van der Waals surface area contributed by atoms with Crippen LogP contribution >= 0.6 is 24.0 Å². The summed E-state index contributed by atoms with van der Waals surface area (Å²) in [6.45, 7) is 10.1. The number of nitrogens with zero attached hydrogens (tertiary/aromatic N) is 5. The number of rotatable bonds is 6. The van der Waals surface area contributed by atoms with Gasteiger partial charge in [0.15, 0.2) is 11.8 Å². The third-order valence-electron chi connectivity index (χ3n) is 3.76. The molecule has 132 valence electrons. The van der Waals surface area contributed by atoms with Crippen LogP contribution in [0.5, 0.6) is 0 Å². The van der Waals surface area contributed by atoms with E-state index >= 15 is 0 Å². The van der Waals surface area contributed by atoms with Crippen molar-refractivity contribution in [3.05, 3.63) is 12.2 Å². The average Bonchev–Trinajstić information content (AvgIpc) is 2.96. The molecule has 2 N–H and O–H groups in total. The van der Waals surface area contributed by atoms with Crippen molar-refractivity contribution in [2.75, 3.05) is 39.4 Å². The first-order valence-electron chi connectivity index (χ1n) is 7.87. The second kappa shape index (κ2) is 10.8. The van der Waals surface area contributed by atoms with Crippen LogP contribution in [0.1, 0.15) is 19.7 Å². The van der Waals surface area contributed by atoms with Crippen molar-refractivity contribution in [1.82, 2.24) is 30.3 Å². The maximum Gasteiger partial charge on any atom is 0.191 e. The zero-order chi connectivity index (χ0) is 15.8. The quantitative estimate of drug-likeness (QED) is 0.377. The Bertz CT molecular complexity index is 473. The van der Waals surface area contributed by atoms with Crippen LogP contribution in [0.3, 0.4) is 0 Å². The molecule has 23 heavy (non-hydrogen) atoms. The Hall–Kier alpha value is -0.940. The van der Waals surface area contributed by atoms with E-state index in [0.717, 1.165) is 51.2 Å². The van der Waals surface area contributed by atoms with Gasteiger partial charge in [-0.05, 0) is 13.8 Å². The molecule has 1 atom stereocenters. The summed E-state index contributed by atoms with van der Waals surface area (Å²) in [7, 11) is 1.92. The summed E-state index contributed by atoms with van der Waals surface area (Å²) < 4.78 is 7.27. The summed E-state index contributed by atoms with van der Waals surface area (Å²) in [4.78, 5) is 7.00. The Morgan fingerprint density at radius 3 is 2.74 bits per heavy atom. The van der Waals surface area contributed by atoms with Gasteiger partial charge >= 0.3 is 0 Å². The van der Waals surface area contributed by atoms with Crippen molar-refractivity contribution in [2.45, 2.75) is 26.4 Å². The zero-order valence-electron chi connectivity index (χ0n) is 14.2. The maximum atomic E-state index is 5.39. The van der Waals surface area contributed by atoms with E-state index in [4.69, 9.17) is 4.74 Å². The summed E-state index contributed by atoms with van der Waals surface area (Å²) in [6, 6.07) is 0.447. The molecule has 1 aromatic rings. The number of nitrogens with one attached hydrogen (secondary N) is 2. The van der Waals surface area contributed by atoms with Gasteiger partial charge in [0.25, 0.3) is 0 Å². The van der Waals surface area contributed by atoms with Crippen molar-refractivity contribution in [3.8, 4) is 0 Å². The Balaban J connectivity index is 0.00000264. The van der Waals surface area contributed by atoms with Crippen LogP contribution in [-0.2, 0) is 18.3 Å². The predicted molar refractivity (Wildman–Crippen MR) is 101 cm³/mol. The summed E-state index contributed by atoms with van der Waals surface area (Å²) in [5.74, 6) is 1.66. The van der Waals surface area contributed by atoms with Crippen LogP contribution < -0.4 is 10.6 Å². The van der Waals surface area contributed by atoms with Crippen LogP contribution in [0.2, 0.25) is 0 Å². The second-order valence-corrected chi connectivity index (χ2v) is 5.43. The number of morpholine rings is 1. The van der Waals surface area contributed by atoms with Crippen LogP contribution in [0, 0.1) is 0 Å². The van der Waals surface area contributed by atoms with Crippen molar-refractivity contribution in [2.24, 2.45) is 12.0 Å². The zero-order valence-corrected chi connectivity index (χ0v) is 16.5. The first-order valence-corrected chi connectivity index (χ1v) is 7.87. The number of aliphatic imine (C=N–C) groups is 1. The fourth-order valence-corrected chi connectivity index (χ4v) is 2.33. The van der Waals surface area contributed by atoms with Crippen molar-refractivity contribution < 1.29 is 4.74 Å². The molecule has 0 amide bonds. The minimum Gasteiger partial charge on any atom is -0.379 e. The topological polar surface area (TPSA) is 79.6 Å². The summed E-state index contributed by atoms with van der Waals surface area (Å²) in [5, 5.41) is 14.6. The van der Waals surface area contributed by atoms with Gasteiger partial charge in [-0.15, -0.1) is 34.2 Å². The third-order valence-corrected chi connectivity index (χ3v) is 3.76. The molecule has 9 heteroatoms. The van der Waals surface area contributed by atoms with E-state index in [1.165, 1.54) is 0 Å². The number of hydrogen-bond donors (Lipinski definition) is 2. The molecule has 2 rings (SSSR count). The normalized spacial score (nSPS) is 17.4. The first-order chi connectivity index (χ1) is 10.7. The van der Waals surface area contributed by atoms with Crippen LogP contribution in [0.4, 0.5) is 0 Å². The van der Waals surface area contributed by atoms with Crippen LogP contribution in [0.25, 0.3) is 0 Å². The lowest BCUT2D eigenvalue weighted by molar-refractivity contribution is 0.0211. The lowest BCUT2D eigenvalue weighted by Gasteiger charge is -2.32. The smallest absolute Gasteiger partial charge is 0.191 e. The highest BCUT2D eigenvalue weighted by molar-refractivity contribution is 14.0. The third kappa shape index (κ3) is 6.60. The highest BCUT2D eigenvalue weighted by atomic mass is 127. The van der Waals surface area contributed by atoms with Gasteiger partial charge in [0.05, 0.1) is 13.2 Å². The molecule has 1 aliphatic rings. The van der Waals surface area contributed by atoms with E-state index in [9.17, 15) is 0 Å². The van der Waals surface area contributed by atoms with Crippen LogP contribution in [-0.4, -0.2) is 71.1 Å². The van der Waals surface area contributed by atoms with E-state index < -0.39 is 0 Å². The van der Waals surface area contributed by atoms with Crippen LogP contribution in [0.15, 0.2) is 11.3 Å². The van der Waals surface area contributed by atoms with Crippen molar-refractivity contribution in [3.63, 3.8) is 0 Å². The Labute approximate surface area is 155 Å². The highest BCUT2D eigenvalue weighted by Crippen LogP contribution is 2.02. The highest BCUT2D eigenvalue weighted by Gasteiger charge is 2.17. The Morgan fingerprint density at radius 2 is 2.13 bits per heavy atom.